The lowest BCUT2D eigenvalue weighted by molar-refractivity contribution is -0.153. The molecule has 2 heterocycles. The summed E-state index contributed by atoms with van der Waals surface area (Å²) in [6.45, 7) is 2.79. The minimum atomic E-state index is 0.0388. The molecule has 3 fully saturated rings. The molecule has 4 nitrogen and oxygen atoms in total. The van der Waals surface area contributed by atoms with Gasteiger partial charge in [0, 0.05) is 19.4 Å². The summed E-state index contributed by atoms with van der Waals surface area (Å²) < 4.78 is 0. The van der Waals surface area contributed by atoms with Crippen molar-refractivity contribution in [2.75, 3.05) is 19.6 Å². The van der Waals surface area contributed by atoms with Crippen LogP contribution in [-0.2, 0) is 9.59 Å². The first-order valence-corrected chi connectivity index (χ1v) is 8.22. The first kappa shape index (κ1) is 14.1. The fourth-order valence-corrected chi connectivity index (χ4v) is 4.24. The molecule has 3 aliphatic rings. The molecule has 1 saturated carbocycles. The number of likely N-dealkylation sites (tertiary alicyclic amines) is 1. The first-order valence-electron chi connectivity index (χ1n) is 8.22. The van der Waals surface area contributed by atoms with Crippen LogP contribution in [0.15, 0.2) is 0 Å². The van der Waals surface area contributed by atoms with E-state index in [1.54, 1.807) is 4.90 Å². The Balaban J connectivity index is 1.54. The smallest absolute Gasteiger partial charge is 0.229 e. The number of nitrogens with zero attached hydrogens (tertiary/aromatic N) is 1. The zero-order chi connectivity index (χ0) is 14.0. The summed E-state index contributed by atoms with van der Waals surface area (Å²) in [7, 11) is 0. The highest BCUT2D eigenvalue weighted by molar-refractivity contribution is 5.98. The van der Waals surface area contributed by atoms with Crippen molar-refractivity contribution < 1.29 is 9.59 Å². The maximum atomic E-state index is 12.3. The molecule has 2 saturated heterocycles. The molecule has 20 heavy (non-hydrogen) atoms. The molecule has 0 bridgehead atoms. The number of piperidine rings is 2. The van der Waals surface area contributed by atoms with E-state index in [0.717, 1.165) is 32.4 Å². The Labute approximate surface area is 121 Å². The van der Waals surface area contributed by atoms with Crippen LogP contribution < -0.4 is 5.32 Å². The molecule has 0 aromatic carbocycles. The summed E-state index contributed by atoms with van der Waals surface area (Å²) in [6, 6.07) is 0. The molecule has 1 spiro atoms. The molecule has 4 heteroatoms. The van der Waals surface area contributed by atoms with Gasteiger partial charge in [0.1, 0.15) is 0 Å². The van der Waals surface area contributed by atoms with Gasteiger partial charge in [-0.1, -0.05) is 12.8 Å². The van der Waals surface area contributed by atoms with E-state index in [1.165, 1.54) is 25.7 Å². The monoisotopic (exact) mass is 278 g/mol. The van der Waals surface area contributed by atoms with Crippen molar-refractivity contribution in [1.29, 1.82) is 0 Å². The fourth-order valence-electron chi connectivity index (χ4n) is 4.24. The zero-order valence-electron chi connectivity index (χ0n) is 12.3. The lowest BCUT2D eigenvalue weighted by Crippen LogP contribution is -2.48. The number of carbonyl (C=O) groups is 2. The molecule has 0 aromatic rings. The topological polar surface area (TPSA) is 49.4 Å². The second-order valence-electron chi connectivity index (χ2n) is 7.00. The van der Waals surface area contributed by atoms with Crippen LogP contribution in [0.4, 0.5) is 0 Å². The standard InChI is InChI=1S/C16H26N2O2/c19-14-10-16(6-1-2-7-16)11-15(20)18(14)9-5-13-4-3-8-17-12-13/h13,17H,1-12H2. The molecule has 2 aliphatic heterocycles. The van der Waals surface area contributed by atoms with Crippen LogP contribution in [0.3, 0.4) is 0 Å². The van der Waals surface area contributed by atoms with Crippen molar-refractivity contribution in [2.24, 2.45) is 11.3 Å². The maximum absolute atomic E-state index is 12.3. The number of hydrogen-bond donors (Lipinski definition) is 1. The Hall–Kier alpha value is -0.900. The van der Waals surface area contributed by atoms with Gasteiger partial charge >= 0.3 is 0 Å². The van der Waals surface area contributed by atoms with Crippen molar-refractivity contribution >= 4 is 11.8 Å². The summed E-state index contributed by atoms with van der Waals surface area (Å²) in [5, 5.41) is 3.40. The van der Waals surface area contributed by atoms with Crippen LogP contribution in [0.2, 0.25) is 0 Å². The minimum absolute atomic E-state index is 0.0388. The number of hydrogen-bond acceptors (Lipinski definition) is 3. The minimum Gasteiger partial charge on any atom is -0.316 e. The Bertz CT molecular complexity index is 362. The predicted octanol–water partition coefficient (Wildman–Crippen LogP) is 2.09. The van der Waals surface area contributed by atoms with E-state index in [4.69, 9.17) is 0 Å². The molecular formula is C16H26N2O2. The van der Waals surface area contributed by atoms with Gasteiger partial charge in [-0.25, -0.2) is 0 Å². The van der Waals surface area contributed by atoms with Gasteiger partial charge in [0.15, 0.2) is 0 Å². The third-order valence-electron chi connectivity index (χ3n) is 5.48. The predicted molar refractivity (Wildman–Crippen MR) is 77.1 cm³/mol. The van der Waals surface area contributed by atoms with Gasteiger partial charge in [0.25, 0.3) is 0 Å². The SMILES string of the molecule is O=C1CC2(CCCC2)CC(=O)N1CCC1CCCNC1. The van der Waals surface area contributed by atoms with Gasteiger partial charge in [-0.05, 0) is 56.5 Å². The van der Waals surface area contributed by atoms with Crippen molar-refractivity contribution in [3.8, 4) is 0 Å². The van der Waals surface area contributed by atoms with Crippen LogP contribution in [0, 0.1) is 11.3 Å². The Kier molecular flexibility index (Phi) is 4.11. The summed E-state index contributed by atoms with van der Waals surface area (Å²) in [5.41, 5.74) is 0.0388. The second-order valence-corrected chi connectivity index (χ2v) is 7.00. The van der Waals surface area contributed by atoms with Crippen LogP contribution in [0.25, 0.3) is 0 Å². The number of rotatable bonds is 3. The van der Waals surface area contributed by atoms with E-state index >= 15 is 0 Å². The van der Waals surface area contributed by atoms with Crippen molar-refractivity contribution in [1.82, 2.24) is 10.2 Å². The third kappa shape index (κ3) is 2.90. The van der Waals surface area contributed by atoms with Crippen LogP contribution >= 0.6 is 0 Å². The molecule has 1 aliphatic carbocycles. The number of carbonyl (C=O) groups excluding carboxylic acids is 2. The highest BCUT2D eigenvalue weighted by Gasteiger charge is 2.44. The van der Waals surface area contributed by atoms with Gasteiger partial charge in [0.2, 0.25) is 11.8 Å². The first-order chi connectivity index (χ1) is 9.69. The van der Waals surface area contributed by atoms with E-state index in [1.807, 2.05) is 0 Å². The molecule has 112 valence electrons. The molecule has 1 atom stereocenters. The molecule has 0 radical (unpaired) electrons. The summed E-state index contributed by atoms with van der Waals surface area (Å²) in [4.78, 5) is 26.2. The second kappa shape index (κ2) is 5.84. The molecule has 3 rings (SSSR count). The maximum Gasteiger partial charge on any atom is 0.229 e. The van der Waals surface area contributed by atoms with Gasteiger partial charge in [-0.3, -0.25) is 14.5 Å². The van der Waals surface area contributed by atoms with E-state index in [9.17, 15) is 9.59 Å². The van der Waals surface area contributed by atoms with Crippen LogP contribution in [0.1, 0.15) is 57.8 Å². The summed E-state index contributed by atoms with van der Waals surface area (Å²) >= 11 is 0. The number of amides is 2. The molecule has 0 aromatic heterocycles. The largest absolute Gasteiger partial charge is 0.316 e. The van der Waals surface area contributed by atoms with E-state index < -0.39 is 0 Å². The van der Waals surface area contributed by atoms with Crippen molar-refractivity contribution in [2.45, 2.75) is 57.8 Å². The van der Waals surface area contributed by atoms with E-state index in [-0.39, 0.29) is 17.2 Å². The molecule has 1 unspecified atom stereocenters. The zero-order valence-corrected chi connectivity index (χ0v) is 12.3. The van der Waals surface area contributed by atoms with Gasteiger partial charge in [-0.15, -0.1) is 0 Å². The van der Waals surface area contributed by atoms with Gasteiger partial charge < -0.3 is 5.32 Å². The Morgan fingerprint density at radius 1 is 1.10 bits per heavy atom. The van der Waals surface area contributed by atoms with Crippen LogP contribution in [-0.4, -0.2) is 36.3 Å². The van der Waals surface area contributed by atoms with E-state index in [2.05, 4.69) is 5.32 Å². The van der Waals surface area contributed by atoms with Crippen LogP contribution in [0.5, 0.6) is 0 Å². The van der Waals surface area contributed by atoms with Gasteiger partial charge in [0.05, 0.1) is 0 Å². The Morgan fingerprint density at radius 3 is 2.40 bits per heavy atom. The average Bonchev–Trinajstić information content (AvgIpc) is 2.86. The molecule has 1 N–H and O–H groups in total. The summed E-state index contributed by atoms with van der Waals surface area (Å²) in [6.07, 6.45) is 9.17. The number of imide groups is 1. The highest BCUT2D eigenvalue weighted by atomic mass is 16.2. The quantitative estimate of drug-likeness (QED) is 0.804. The Morgan fingerprint density at radius 2 is 1.80 bits per heavy atom. The molecule has 2 amide bonds. The molecular weight excluding hydrogens is 252 g/mol. The average molecular weight is 278 g/mol. The third-order valence-corrected chi connectivity index (χ3v) is 5.48. The van der Waals surface area contributed by atoms with Gasteiger partial charge in [-0.2, -0.15) is 0 Å². The fraction of sp³-hybridized carbons (Fsp3) is 0.875. The van der Waals surface area contributed by atoms with E-state index in [0.29, 0.717) is 25.3 Å². The number of nitrogens with one attached hydrogen (secondary N) is 1. The normalized spacial score (nSPS) is 30.2. The lowest BCUT2D eigenvalue weighted by atomic mass is 9.76. The summed E-state index contributed by atoms with van der Waals surface area (Å²) in [5.74, 6) is 0.811. The highest BCUT2D eigenvalue weighted by Crippen LogP contribution is 2.46. The van der Waals surface area contributed by atoms with Crippen molar-refractivity contribution in [3.63, 3.8) is 0 Å². The lowest BCUT2D eigenvalue weighted by Gasteiger charge is -2.37. The van der Waals surface area contributed by atoms with Crippen molar-refractivity contribution in [3.05, 3.63) is 0 Å².